The number of esters is 1. The number of ether oxygens (including phenoxy) is 1. The predicted octanol–water partition coefficient (Wildman–Crippen LogP) is 3.15. The Morgan fingerprint density at radius 3 is 2.47 bits per heavy atom. The molecule has 0 saturated heterocycles. The first-order valence-corrected chi connectivity index (χ1v) is 5.03. The fourth-order valence-electron chi connectivity index (χ4n) is 1.52. The largest absolute Gasteiger partial charge is 0.465 e. The van der Waals surface area contributed by atoms with Gasteiger partial charge in [0.15, 0.2) is 0 Å². The van der Waals surface area contributed by atoms with Gasteiger partial charge in [0.05, 0.1) is 12.7 Å². The molecular formula is C13H16O2. The highest BCUT2D eigenvalue weighted by Gasteiger charge is 2.07. The van der Waals surface area contributed by atoms with Gasteiger partial charge < -0.3 is 4.74 Å². The van der Waals surface area contributed by atoms with E-state index in [-0.39, 0.29) is 5.97 Å². The van der Waals surface area contributed by atoms with Crippen LogP contribution in [-0.4, -0.2) is 13.1 Å². The van der Waals surface area contributed by atoms with Crippen molar-refractivity contribution in [2.45, 2.75) is 19.3 Å². The van der Waals surface area contributed by atoms with Gasteiger partial charge in [-0.3, -0.25) is 0 Å². The maximum Gasteiger partial charge on any atom is 0.337 e. The monoisotopic (exact) mass is 204 g/mol. The Kier molecular flexibility index (Phi) is 4.10. The van der Waals surface area contributed by atoms with Crippen LogP contribution in [0.25, 0.3) is 0 Å². The molecule has 0 amide bonds. The normalized spacial score (nSPS) is 11.9. The molecule has 1 atom stereocenters. The average Bonchev–Trinajstić information content (AvgIpc) is 2.30. The lowest BCUT2D eigenvalue weighted by atomic mass is 9.96. The summed E-state index contributed by atoms with van der Waals surface area (Å²) in [6, 6.07) is 7.46. The van der Waals surface area contributed by atoms with Gasteiger partial charge in [0.2, 0.25) is 0 Å². The van der Waals surface area contributed by atoms with Crippen LogP contribution in [0.4, 0.5) is 0 Å². The van der Waals surface area contributed by atoms with Crippen molar-refractivity contribution in [3.8, 4) is 0 Å². The van der Waals surface area contributed by atoms with Crippen LogP contribution in [0.5, 0.6) is 0 Å². The molecule has 0 unspecified atom stereocenters. The molecule has 0 saturated carbocycles. The van der Waals surface area contributed by atoms with Gasteiger partial charge in [-0.1, -0.05) is 25.1 Å². The lowest BCUT2D eigenvalue weighted by Gasteiger charge is -2.10. The Labute approximate surface area is 90.6 Å². The van der Waals surface area contributed by atoms with Crippen LogP contribution in [0.2, 0.25) is 0 Å². The van der Waals surface area contributed by atoms with E-state index in [1.165, 1.54) is 12.7 Å². The Balaban J connectivity index is 2.89. The second-order valence-electron chi connectivity index (χ2n) is 3.36. The molecule has 0 bridgehead atoms. The molecule has 1 rings (SSSR count). The van der Waals surface area contributed by atoms with Gasteiger partial charge in [-0.05, 0) is 24.1 Å². The average molecular weight is 204 g/mol. The molecule has 0 spiro atoms. The van der Waals surface area contributed by atoms with Crippen molar-refractivity contribution in [2.75, 3.05) is 7.11 Å². The van der Waals surface area contributed by atoms with Crippen molar-refractivity contribution in [2.24, 2.45) is 0 Å². The molecule has 0 radical (unpaired) electrons. The fraction of sp³-hybridized carbons (Fsp3) is 0.308. The minimum atomic E-state index is -0.298. The molecular weight excluding hydrogens is 188 g/mol. The van der Waals surface area contributed by atoms with Crippen LogP contribution in [0.15, 0.2) is 36.9 Å². The summed E-state index contributed by atoms with van der Waals surface area (Å²) in [6.45, 7) is 5.90. The van der Waals surface area contributed by atoms with Crippen molar-refractivity contribution < 1.29 is 9.53 Å². The van der Waals surface area contributed by atoms with E-state index in [9.17, 15) is 4.79 Å². The summed E-state index contributed by atoms with van der Waals surface area (Å²) in [5.41, 5.74) is 1.76. The Bertz CT molecular complexity index is 338. The minimum Gasteiger partial charge on any atom is -0.465 e. The Hall–Kier alpha value is -1.57. The standard InChI is InChI=1S/C13H16O2/c1-4-10(5-2)11-6-8-12(9-7-11)13(14)15-3/h4,6-10H,1,5H2,2-3H3/t10-/m1/s1. The van der Waals surface area contributed by atoms with E-state index in [0.717, 1.165) is 6.42 Å². The number of carbonyl (C=O) groups is 1. The number of allylic oxidation sites excluding steroid dienone is 1. The van der Waals surface area contributed by atoms with Gasteiger partial charge >= 0.3 is 5.97 Å². The third kappa shape index (κ3) is 2.69. The first-order valence-electron chi connectivity index (χ1n) is 5.03. The summed E-state index contributed by atoms with van der Waals surface area (Å²) in [4.78, 5) is 11.2. The van der Waals surface area contributed by atoms with Crippen molar-refractivity contribution in [1.82, 2.24) is 0 Å². The molecule has 2 nitrogen and oxygen atoms in total. The summed E-state index contributed by atoms with van der Waals surface area (Å²) in [5.74, 6) is 0.0601. The first-order chi connectivity index (χ1) is 7.22. The van der Waals surface area contributed by atoms with E-state index in [2.05, 4.69) is 18.2 Å². The number of hydrogen-bond donors (Lipinski definition) is 0. The quantitative estimate of drug-likeness (QED) is 0.556. The molecule has 1 aromatic rings. The topological polar surface area (TPSA) is 26.3 Å². The summed E-state index contributed by atoms with van der Waals surface area (Å²) >= 11 is 0. The van der Waals surface area contributed by atoms with Crippen LogP contribution in [0.3, 0.4) is 0 Å². The Morgan fingerprint density at radius 2 is 2.07 bits per heavy atom. The number of carbonyl (C=O) groups excluding carboxylic acids is 1. The highest BCUT2D eigenvalue weighted by atomic mass is 16.5. The molecule has 80 valence electrons. The SMILES string of the molecule is C=C[C@H](CC)c1ccc(C(=O)OC)cc1. The first kappa shape index (κ1) is 11.5. The van der Waals surface area contributed by atoms with Crippen LogP contribution >= 0.6 is 0 Å². The Morgan fingerprint density at radius 1 is 1.47 bits per heavy atom. The minimum absolute atomic E-state index is 0.298. The van der Waals surface area contributed by atoms with Crippen molar-refractivity contribution in [3.05, 3.63) is 48.0 Å². The zero-order valence-corrected chi connectivity index (χ0v) is 9.19. The third-order valence-electron chi connectivity index (χ3n) is 2.48. The second kappa shape index (κ2) is 5.35. The van der Waals surface area contributed by atoms with E-state index >= 15 is 0 Å². The zero-order valence-electron chi connectivity index (χ0n) is 9.19. The van der Waals surface area contributed by atoms with Crippen molar-refractivity contribution in [1.29, 1.82) is 0 Å². The second-order valence-corrected chi connectivity index (χ2v) is 3.36. The number of benzene rings is 1. The van der Waals surface area contributed by atoms with Crippen LogP contribution in [0, 0.1) is 0 Å². The van der Waals surface area contributed by atoms with Crippen molar-refractivity contribution >= 4 is 5.97 Å². The lowest BCUT2D eigenvalue weighted by Crippen LogP contribution is -2.01. The van der Waals surface area contributed by atoms with Crippen LogP contribution in [0.1, 0.15) is 35.2 Å². The van der Waals surface area contributed by atoms with Gasteiger partial charge in [-0.15, -0.1) is 6.58 Å². The van der Waals surface area contributed by atoms with Gasteiger partial charge in [0, 0.05) is 5.92 Å². The summed E-state index contributed by atoms with van der Waals surface area (Å²) in [5, 5.41) is 0. The maximum atomic E-state index is 11.2. The fourth-order valence-corrected chi connectivity index (χ4v) is 1.52. The van der Waals surface area contributed by atoms with E-state index in [4.69, 9.17) is 0 Å². The number of hydrogen-bond acceptors (Lipinski definition) is 2. The van der Waals surface area contributed by atoms with Crippen molar-refractivity contribution in [3.63, 3.8) is 0 Å². The lowest BCUT2D eigenvalue weighted by molar-refractivity contribution is 0.0600. The van der Waals surface area contributed by atoms with E-state index in [1.807, 2.05) is 18.2 Å². The molecule has 0 aromatic heterocycles. The van der Waals surface area contributed by atoms with Gasteiger partial charge in [-0.2, -0.15) is 0 Å². The van der Waals surface area contributed by atoms with Crippen LogP contribution < -0.4 is 0 Å². The molecule has 0 N–H and O–H groups in total. The predicted molar refractivity (Wildman–Crippen MR) is 61.0 cm³/mol. The molecule has 15 heavy (non-hydrogen) atoms. The molecule has 0 aliphatic rings. The number of rotatable bonds is 4. The summed E-state index contributed by atoms with van der Waals surface area (Å²) in [6.07, 6.45) is 2.94. The molecule has 0 aliphatic carbocycles. The summed E-state index contributed by atoms with van der Waals surface area (Å²) in [7, 11) is 1.38. The molecule has 0 aliphatic heterocycles. The van der Waals surface area contributed by atoms with E-state index in [0.29, 0.717) is 11.5 Å². The van der Waals surface area contributed by atoms with Gasteiger partial charge in [0.1, 0.15) is 0 Å². The van der Waals surface area contributed by atoms with E-state index < -0.39 is 0 Å². The zero-order chi connectivity index (χ0) is 11.3. The maximum absolute atomic E-state index is 11.2. The van der Waals surface area contributed by atoms with E-state index in [1.54, 1.807) is 12.1 Å². The molecule has 0 heterocycles. The highest BCUT2D eigenvalue weighted by Crippen LogP contribution is 2.20. The van der Waals surface area contributed by atoms with Gasteiger partial charge in [0.25, 0.3) is 0 Å². The molecule has 2 heteroatoms. The summed E-state index contributed by atoms with van der Waals surface area (Å²) < 4.78 is 4.63. The highest BCUT2D eigenvalue weighted by molar-refractivity contribution is 5.89. The number of methoxy groups -OCH3 is 1. The molecule has 0 fully saturated rings. The van der Waals surface area contributed by atoms with Gasteiger partial charge in [-0.25, -0.2) is 4.79 Å². The molecule has 1 aromatic carbocycles. The third-order valence-corrected chi connectivity index (χ3v) is 2.48. The van der Waals surface area contributed by atoms with Crippen LogP contribution in [-0.2, 0) is 4.74 Å². The smallest absolute Gasteiger partial charge is 0.337 e.